The van der Waals surface area contributed by atoms with Gasteiger partial charge in [0.2, 0.25) is 0 Å². The van der Waals surface area contributed by atoms with Crippen molar-refractivity contribution in [3.8, 4) is 22.4 Å². The lowest BCUT2D eigenvalue weighted by Gasteiger charge is -2.22. The molecule has 138 valence electrons. The fourth-order valence-corrected chi connectivity index (χ4v) is 2.69. The minimum Gasteiger partial charge on any atom is -0.382 e. The summed E-state index contributed by atoms with van der Waals surface area (Å²) < 4.78 is 13.7. The zero-order valence-electron chi connectivity index (χ0n) is 15.5. The summed E-state index contributed by atoms with van der Waals surface area (Å²) >= 11 is 0. The number of nitrogens with zero attached hydrogens (tertiary/aromatic N) is 2. The van der Waals surface area contributed by atoms with Crippen molar-refractivity contribution < 1.29 is 9.18 Å². The van der Waals surface area contributed by atoms with Gasteiger partial charge in [0.05, 0.1) is 18.1 Å². The van der Waals surface area contributed by atoms with Crippen LogP contribution in [0.1, 0.15) is 31.1 Å². The molecule has 0 aliphatic carbocycles. The molecule has 5 nitrogen and oxygen atoms in total. The average Bonchev–Trinajstić information content (AvgIpc) is 2.60. The van der Waals surface area contributed by atoms with Crippen molar-refractivity contribution in [3.05, 3.63) is 66.2 Å². The summed E-state index contributed by atoms with van der Waals surface area (Å²) in [5.41, 5.74) is 8.21. The van der Waals surface area contributed by atoms with Crippen LogP contribution in [-0.4, -0.2) is 21.4 Å². The largest absolute Gasteiger partial charge is 0.382 e. The van der Waals surface area contributed by atoms with E-state index in [1.807, 2.05) is 26.8 Å². The van der Waals surface area contributed by atoms with Gasteiger partial charge in [-0.2, -0.15) is 0 Å². The Bertz CT molecular complexity index is 978. The van der Waals surface area contributed by atoms with Crippen molar-refractivity contribution in [2.75, 3.05) is 5.73 Å². The van der Waals surface area contributed by atoms with Crippen LogP contribution in [0, 0.1) is 5.82 Å². The number of anilines is 1. The summed E-state index contributed by atoms with van der Waals surface area (Å²) in [5, 5.41) is 2.96. The van der Waals surface area contributed by atoms with Gasteiger partial charge >= 0.3 is 0 Å². The number of aromatic nitrogens is 2. The highest BCUT2D eigenvalue weighted by atomic mass is 19.1. The molecule has 0 saturated heterocycles. The SMILES string of the molecule is CC(C)(C)NC(=O)c1cc(-c2cnc(N)cn2)ccc1-c1cccc(F)c1. The maximum atomic E-state index is 13.7. The monoisotopic (exact) mass is 364 g/mol. The topological polar surface area (TPSA) is 80.9 Å². The zero-order valence-corrected chi connectivity index (χ0v) is 15.5. The molecule has 0 bridgehead atoms. The molecule has 0 aliphatic heterocycles. The van der Waals surface area contributed by atoms with Gasteiger partial charge in [0, 0.05) is 16.7 Å². The molecule has 2 aromatic carbocycles. The third-order valence-electron chi connectivity index (χ3n) is 3.86. The van der Waals surface area contributed by atoms with Crippen LogP contribution >= 0.6 is 0 Å². The highest BCUT2D eigenvalue weighted by Crippen LogP contribution is 2.29. The van der Waals surface area contributed by atoms with E-state index in [-0.39, 0.29) is 11.7 Å². The third-order valence-corrected chi connectivity index (χ3v) is 3.86. The first kappa shape index (κ1) is 18.5. The fourth-order valence-electron chi connectivity index (χ4n) is 2.69. The molecule has 1 heterocycles. The first-order valence-electron chi connectivity index (χ1n) is 8.53. The number of nitrogens with two attached hydrogens (primary N) is 1. The molecule has 0 saturated carbocycles. The Balaban J connectivity index is 2.12. The predicted molar refractivity (Wildman–Crippen MR) is 104 cm³/mol. The third kappa shape index (κ3) is 4.47. The minimum atomic E-state index is -0.409. The van der Waals surface area contributed by atoms with E-state index in [0.29, 0.717) is 28.2 Å². The van der Waals surface area contributed by atoms with Crippen LogP contribution in [0.2, 0.25) is 0 Å². The van der Waals surface area contributed by atoms with Crippen LogP contribution in [0.25, 0.3) is 22.4 Å². The molecule has 1 aromatic heterocycles. The number of nitrogen functional groups attached to an aromatic ring is 1. The van der Waals surface area contributed by atoms with Gasteiger partial charge in [-0.15, -0.1) is 0 Å². The van der Waals surface area contributed by atoms with Crippen LogP contribution < -0.4 is 11.1 Å². The molecular formula is C21H21FN4O. The summed E-state index contributed by atoms with van der Waals surface area (Å²) in [7, 11) is 0. The molecule has 0 unspecified atom stereocenters. The van der Waals surface area contributed by atoms with E-state index in [2.05, 4.69) is 15.3 Å². The van der Waals surface area contributed by atoms with E-state index in [4.69, 9.17) is 5.73 Å². The smallest absolute Gasteiger partial charge is 0.252 e. The second-order valence-corrected chi connectivity index (χ2v) is 7.30. The molecule has 27 heavy (non-hydrogen) atoms. The van der Waals surface area contributed by atoms with Gasteiger partial charge < -0.3 is 11.1 Å². The lowest BCUT2D eigenvalue weighted by molar-refractivity contribution is 0.0920. The van der Waals surface area contributed by atoms with E-state index >= 15 is 0 Å². The lowest BCUT2D eigenvalue weighted by Crippen LogP contribution is -2.40. The number of rotatable bonds is 3. The Kier molecular flexibility index (Phi) is 4.90. The number of carbonyl (C=O) groups is 1. The predicted octanol–water partition coefficient (Wildman–Crippen LogP) is 4.06. The molecular weight excluding hydrogens is 343 g/mol. The van der Waals surface area contributed by atoms with Crippen LogP contribution in [-0.2, 0) is 0 Å². The van der Waals surface area contributed by atoms with Gasteiger partial charge in [-0.25, -0.2) is 9.37 Å². The molecule has 6 heteroatoms. The highest BCUT2D eigenvalue weighted by molar-refractivity contribution is 6.02. The molecule has 0 spiro atoms. The normalized spacial score (nSPS) is 11.3. The molecule has 0 fully saturated rings. The standard InChI is InChI=1S/C21H21FN4O/c1-21(2,3)26-20(27)17-10-14(18-11-25-19(23)12-24-18)7-8-16(17)13-5-4-6-15(22)9-13/h4-12H,1-3H3,(H2,23,25)(H,26,27). The van der Waals surface area contributed by atoms with Crippen molar-refractivity contribution in [1.29, 1.82) is 0 Å². The molecule has 0 atom stereocenters. The Hall–Kier alpha value is -3.28. The van der Waals surface area contributed by atoms with Crippen molar-refractivity contribution in [2.24, 2.45) is 0 Å². The van der Waals surface area contributed by atoms with Gasteiger partial charge in [-0.1, -0.05) is 24.3 Å². The van der Waals surface area contributed by atoms with Gasteiger partial charge in [-0.3, -0.25) is 9.78 Å². The lowest BCUT2D eigenvalue weighted by atomic mass is 9.95. The summed E-state index contributed by atoms with van der Waals surface area (Å²) in [5.74, 6) is -0.281. The molecule has 3 N–H and O–H groups in total. The number of hydrogen-bond acceptors (Lipinski definition) is 4. The van der Waals surface area contributed by atoms with Crippen molar-refractivity contribution in [3.63, 3.8) is 0 Å². The van der Waals surface area contributed by atoms with Crippen LogP contribution in [0.5, 0.6) is 0 Å². The number of nitrogens with one attached hydrogen (secondary N) is 1. The van der Waals surface area contributed by atoms with Gasteiger partial charge in [-0.05, 0) is 50.1 Å². The van der Waals surface area contributed by atoms with E-state index in [0.717, 1.165) is 5.56 Å². The van der Waals surface area contributed by atoms with E-state index < -0.39 is 5.54 Å². The van der Waals surface area contributed by atoms with Crippen molar-refractivity contribution in [2.45, 2.75) is 26.3 Å². The van der Waals surface area contributed by atoms with Gasteiger partial charge in [0.25, 0.3) is 5.91 Å². The van der Waals surface area contributed by atoms with Crippen LogP contribution in [0.15, 0.2) is 54.9 Å². The zero-order chi connectivity index (χ0) is 19.6. The average molecular weight is 364 g/mol. The molecule has 0 aliphatic rings. The van der Waals surface area contributed by atoms with E-state index in [1.165, 1.54) is 18.3 Å². The van der Waals surface area contributed by atoms with Crippen LogP contribution in [0.4, 0.5) is 10.2 Å². The highest BCUT2D eigenvalue weighted by Gasteiger charge is 2.20. The number of halogens is 1. The summed E-state index contributed by atoms with van der Waals surface area (Å²) in [6, 6.07) is 11.5. The van der Waals surface area contributed by atoms with Crippen LogP contribution in [0.3, 0.4) is 0 Å². The summed E-state index contributed by atoms with van der Waals surface area (Å²) in [6.45, 7) is 5.71. The first-order valence-corrected chi connectivity index (χ1v) is 8.53. The first-order chi connectivity index (χ1) is 12.7. The minimum absolute atomic E-state index is 0.244. The summed E-state index contributed by atoms with van der Waals surface area (Å²) in [6.07, 6.45) is 3.02. The molecule has 3 rings (SSSR count). The Labute approximate surface area is 157 Å². The number of benzene rings is 2. The number of hydrogen-bond donors (Lipinski definition) is 2. The second-order valence-electron chi connectivity index (χ2n) is 7.30. The van der Waals surface area contributed by atoms with Crippen molar-refractivity contribution >= 4 is 11.7 Å². The molecule has 1 amide bonds. The Morgan fingerprint density at radius 1 is 1.04 bits per heavy atom. The van der Waals surface area contributed by atoms with E-state index in [9.17, 15) is 9.18 Å². The molecule has 0 radical (unpaired) electrons. The molecule has 3 aromatic rings. The van der Waals surface area contributed by atoms with E-state index in [1.54, 1.807) is 30.5 Å². The Morgan fingerprint density at radius 2 is 1.81 bits per heavy atom. The number of carbonyl (C=O) groups excluding carboxylic acids is 1. The van der Waals surface area contributed by atoms with Gasteiger partial charge in [0.1, 0.15) is 11.6 Å². The Morgan fingerprint density at radius 3 is 2.44 bits per heavy atom. The maximum absolute atomic E-state index is 13.7. The quantitative estimate of drug-likeness (QED) is 0.734. The number of amides is 1. The summed E-state index contributed by atoms with van der Waals surface area (Å²) in [4.78, 5) is 21.2. The second kappa shape index (κ2) is 7.15. The van der Waals surface area contributed by atoms with Crippen molar-refractivity contribution in [1.82, 2.24) is 15.3 Å². The fraction of sp³-hybridized carbons (Fsp3) is 0.190. The van der Waals surface area contributed by atoms with Gasteiger partial charge in [0.15, 0.2) is 0 Å². The maximum Gasteiger partial charge on any atom is 0.252 e.